The topological polar surface area (TPSA) is 44.7 Å². The molecule has 32 heavy (non-hydrogen) atoms. The molecule has 0 fully saturated rings. The molecule has 0 saturated carbocycles. The van der Waals surface area contributed by atoms with E-state index in [1.54, 1.807) is 36.7 Å². The fraction of sp³-hybridized carbons (Fsp3) is 0.174. The molecule has 2 aromatic rings. The zero-order chi connectivity index (χ0) is 23.3. The monoisotopic (exact) mass is 479 g/mol. The molecule has 0 spiro atoms. The summed E-state index contributed by atoms with van der Waals surface area (Å²) < 4.78 is 41.2. The van der Waals surface area contributed by atoms with Crippen molar-refractivity contribution in [3.63, 3.8) is 0 Å². The fourth-order valence-corrected chi connectivity index (χ4v) is 3.61. The second-order valence-electron chi connectivity index (χ2n) is 6.92. The van der Waals surface area contributed by atoms with Gasteiger partial charge in [0.1, 0.15) is 0 Å². The van der Waals surface area contributed by atoms with Crippen LogP contribution in [0, 0.1) is 0 Å². The summed E-state index contributed by atoms with van der Waals surface area (Å²) in [5, 5.41) is 8.72. The average Bonchev–Trinajstić information content (AvgIpc) is 2.95. The predicted octanol–water partition coefficient (Wildman–Crippen LogP) is 7.18. The van der Waals surface area contributed by atoms with Gasteiger partial charge in [-0.15, -0.1) is 5.73 Å². The van der Waals surface area contributed by atoms with E-state index in [9.17, 15) is 18.0 Å². The number of amides is 1. The molecule has 3 rings (SSSR count). The number of alkyl halides is 3. The van der Waals surface area contributed by atoms with Gasteiger partial charge in [-0.1, -0.05) is 41.4 Å². The van der Waals surface area contributed by atoms with E-state index < -0.39 is 12.1 Å². The van der Waals surface area contributed by atoms with Crippen LogP contribution in [0.25, 0.3) is 6.08 Å². The molecule has 9 heteroatoms. The molecule has 1 N–H and O–H groups in total. The summed E-state index contributed by atoms with van der Waals surface area (Å²) in [4.78, 5) is 11.7. The lowest BCUT2D eigenvalue weighted by molar-refractivity contribution is -0.139. The lowest BCUT2D eigenvalue weighted by Crippen LogP contribution is -2.19. The van der Waals surface area contributed by atoms with Crippen LogP contribution in [-0.2, 0) is 4.79 Å². The number of anilines is 2. The number of carbonyl (C=O) groups excluding carboxylic acids is 1. The zero-order valence-electron chi connectivity index (χ0n) is 16.8. The highest BCUT2D eigenvalue weighted by Gasteiger charge is 2.39. The molecule has 0 aromatic heterocycles. The highest BCUT2D eigenvalue weighted by atomic mass is 35.5. The molecular weight excluding hydrogens is 462 g/mol. The molecule has 1 aliphatic rings. The number of halogens is 5. The second-order valence-corrected chi connectivity index (χ2v) is 7.79. The Morgan fingerprint density at radius 2 is 1.94 bits per heavy atom. The molecule has 1 unspecified atom stereocenters. The number of allylic oxidation sites excluding steroid dienone is 2. The predicted molar refractivity (Wildman–Crippen MR) is 123 cm³/mol. The number of hydrazone groups is 1. The fourth-order valence-electron chi connectivity index (χ4n) is 3.06. The number of carbonyl (C=O) groups is 1. The van der Waals surface area contributed by atoms with Gasteiger partial charge in [-0.2, -0.15) is 18.3 Å². The van der Waals surface area contributed by atoms with Crippen molar-refractivity contribution in [1.82, 2.24) is 0 Å². The van der Waals surface area contributed by atoms with Gasteiger partial charge in [-0.05, 0) is 47.5 Å². The summed E-state index contributed by atoms with van der Waals surface area (Å²) in [6.07, 6.45) is 3.48. The van der Waals surface area contributed by atoms with Crippen molar-refractivity contribution in [3.05, 3.63) is 81.7 Å². The van der Waals surface area contributed by atoms with Gasteiger partial charge in [-0.25, -0.2) is 5.01 Å². The molecule has 0 aliphatic carbocycles. The number of hydrogen-bond donors (Lipinski definition) is 1. The largest absolute Gasteiger partial charge is 0.399 e. The van der Waals surface area contributed by atoms with E-state index in [0.717, 1.165) is 6.08 Å². The average molecular weight is 480 g/mol. The summed E-state index contributed by atoms with van der Waals surface area (Å²) in [5.74, 6) is -2.24. The third kappa shape index (κ3) is 6.26. The summed E-state index contributed by atoms with van der Waals surface area (Å²) in [6.45, 7) is 1.34. The molecule has 166 valence electrons. The summed E-state index contributed by atoms with van der Waals surface area (Å²) in [7, 11) is 0. The maximum absolute atomic E-state index is 13.7. The van der Waals surface area contributed by atoms with Gasteiger partial charge in [0.2, 0.25) is 5.91 Å². The van der Waals surface area contributed by atoms with Crippen molar-refractivity contribution in [2.24, 2.45) is 5.10 Å². The molecule has 4 nitrogen and oxygen atoms in total. The van der Waals surface area contributed by atoms with Crippen molar-refractivity contribution in [3.8, 4) is 0 Å². The minimum absolute atomic E-state index is 0.0687. The lowest BCUT2D eigenvalue weighted by Gasteiger charge is -2.19. The molecule has 1 atom stereocenters. The number of rotatable bonds is 5. The summed E-state index contributed by atoms with van der Waals surface area (Å²) in [5.41, 5.74) is 4.28. The SMILES string of the molecule is CC(=O)Nc1cc(/C=C/C(c2cc(Cl)cc(Cl)c2)C(F)(F)F)ccc1N1C=C=CCC=N1. The molecule has 2 aromatic carbocycles. The Morgan fingerprint density at radius 3 is 2.59 bits per heavy atom. The number of hydrogen-bond acceptors (Lipinski definition) is 3. The Labute approximate surface area is 193 Å². The van der Waals surface area contributed by atoms with Crippen LogP contribution in [0.1, 0.15) is 30.4 Å². The van der Waals surface area contributed by atoms with Crippen molar-refractivity contribution in [1.29, 1.82) is 0 Å². The van der Waals surface area contributed by atoms with Crippen LogP contribution in [0.4, 0.5) is 24.5 Å². The minimum atomic E-state index is -4.55. The smallest absolute Gasteiger partial charge is 0.324 e. The van der Waals surface area contributed by atoms with Crippen LogP contribution in [0.5, 0.6) is 0 Å². The molecule has 1 amide bonds. The Kier molecular flexibility index (Phi) is 7.46. The zero-order valence-corrected chi connectivity index (χ0v) is 18.3. The van der Waals surface area contributed by atoms with Crippen molar-refractivity contribution in [2.75, 3.05) is 10.3 Å². The Hall–Kier alpha value is -2.99. The first kappa shape index (κ1) is 23.7. The van der Waals surface area contributed by atoms with E-state index in [1.165, 1.54) is 36.2 Å². The number of benzene rings is 2. The highest BCUT2D eigenvalue weighted by Crippen LogP contribution is 2.39. The minimum Gasteiger partial charge on any atom is -0.324 e. The van der Waals surface area contributed by atoms with Gasteiger partial charge >= 0.3 is 6.18 Å². The van der Waals surface area contributed by atoms with E-state index in [1.807, 2.05) is 0 Å². The molecule has 1 heterocycles. The Balaban J connectivity index is 1.98. The first-order chi connectivity index (χ1) is 15.1. The molecule has 0 saturated heterocycles. The lowest BCUT2D eigenvalue weighted by atomic mass is 9.97. The van der Waals surface area contributed by atoms with Crippen LogP contribution < -0.4 is 10.3 Å². The maximum Gasteiger partial charge on any atom is 0.399 e. The molecule has 1 aliphatic heterocycles. The Bertz CT molecular complexity index is 1120. The van der Waals surface area contributed by atoms with Gasteiger partial charge in [0.05, 0.1) is 23.5 Å². The third-order valence-corrected chi connectivity index (χ3v) is 4.84. The highest BCUT2D eigenvalue weighted by molar-refractivity contribution is 6.34. The van der Waals surface area contributed by atoms with E-state index >= 15 is 0 Å². The van der Waals surface area contributed by atoms with Gasteiger partial charge in [-0.3, -0.25) is 4.79 Å². The van der Waals surface area contributed by atoms with Crippen LogP contribution in [0.2, 0.25) is 10.0 Å². The maximum atomic E-state index is 13.7. The second kappa shape index (κ2) is 10.1. The van der Waals surface area contributed by atoms with Crippen molar-refractivity contribution in [2.45, 2.75) is 25.4 Å². The summed E-state index contributed by atoms with van der Waals surface area (Å²) in [6, 6.07) is 8.71. The van der Waals surface area contributed by atoms with Gasteiger partial charge in [0, 0.05) is 29.6 Å². The normalized spacial score (nSPS) is 14.6. The first-order valence-corrected chi connectivity index (χ1v) is 10.2. The summed E-state index contributed by atoms with van der Waals surface area (Å²) >= 11 is 11.8. The van der Waals surface area contributed by atoms with Gasteiger partial charge in [0.25, 0.3) is 0 Å². The van der Waals surface area contributed by atoms with Crippen LogP contribution in [-0.4, -0.2) is 18.3 Å². The van der Waals surface area contributed by atoms with Crippen molar-refractivity contribution < 1.29 is 18.0 Å². The van der Waals surface area contributed by atoms with Crippen LogP contribution in [0.15, 0.2) is 65.6 Å². The van der Waals surface area contributed by atoms with Gasteiger partial charge in [0.15, 0.2) is 0 Å². The van der Waals surface area contributed by atoms with E-state index in [-0.39, 0.29) is 21.5 Å². The first-order valence-electron chi connectivity index (χ1n) is 9.49. The van der Waals surface area contributed by atoms with Crippen LogP contribution in [0.3, 0.4) is 0 Å². The van der Waals surface area contributed by atoms with E-state index in [2.05, 4.69) is 16.1 Å². The molecular formula is C23H18Cl2F3N3O. The third-order valence-electron chi connectivity index (χ3n) is 4.40. The van der Waals surface area contributed by atoms with Crippen LogP contribution >= 0.6 is 23.2 Å². The Morgan fingerprint density at radius 1 is 1.22 bits per heavy atom. The molecule has 0 radical (unpaired) electrons. The quantitative estimate of drug-likeness (QED) is 0.461. The van der Waals surface area contributed by atoms with Crippen molar-refractivity contribution >= 4 is 52.8 Å². The van der Waals surface area contributed by atoms with E-state index in [4.69, 9.17) is 23.2 Å². The van der Waals surface area contributed by atoms with Gasteiger partial charge < -0.3 is 5.32 Å². The van der Waals surface area contributed by atoms with E-state index in [0.29, 0.717) is 23.4 Å². The number of nitrogens with one attached hydrogen (secondary N) is 1. The molecule has 0 bridgehead atoms. The standard InChI is InChI=1S/C23H18Cl2F3N3O/c1-15(32)30-21-11-16(6-8-22(21)31-10-4-2-3-9-29-31)5-7-20(23(26,27)28)17-12-18(24)14-19(25)13-17/h2,5-14,20H,3H2,1H3,(H,30,32)/b7-5+. The number of nitrogens with zero attached hydrogens (tertiary/aromatic N) is 2.